The number of esters is 1. The second kappa shape index (κ2) is 16.1. The molecule has 0 atom stereocenters. The molecule has 1 heterocycles. The maximum Gasteiger partial charge on any atom is 0.315 e. The summed E-state index contributed by atoms with van der Waals surface area (Å²) < 4.78 is 11.4. The van der Waals surface area contributed by atoms with Crippen molar-refractivity contribution < 1.29 is 14.3 Å². The Kier molecular flexibility index (Phi) is 12.6. The highest BCUT2D eigenvalue weighted by atomic mass is 16.5. The van der Waals surface area contributed by atoms with Gasteiger partial charge < -0.3 is 9.47 Å². The normalized spacial score (nSPS) is 19.0. The van der Waals surface area contributed by atoms with Crippen molar-refractivity contribution in [3.63, 3.8) is 0 Å². The van der Waals surface area contributed by atoms with Crippen molar-refractivity contribution >= 4 is 5.97 Å². The Bertz CT molecular complexity index is 990. The second-order valence-corrected chi connectivity index (χ2v) is 10.8. The van der Waals surface area contributed by atoms with E-state index in [9.17, 15) is 10.1 Å². The summed E-state index contributed by atoms with van der Waals surface area (Å²) in [6.45, 7) is 5.17. The highest BCUT2D eigenvalue weighted by Crippen LogP contribution is 2.42. The van der Waals surface area contributed by atoms with Gasteiger partial charge in [-0.05, 0) is 68.9 Å². The maximum absolute atomic E-state index is 12.8. The minimum absolute atomic E-state index is 0.183. The van der Waals surface area contributed by atoms with Gasteiger partial charge in [0.1, 0.15) is 5.75 Å². The van der Waals surface area contributed by atoms with Gasteiger partial charge >= 0.3 is 5.97 Å². The van der Waals surface area contributed by atoms with Crippen LogP contribution in [0.1, 0.15) is 110 Å². The van der Waals surface area contributed by atoms with E-state index in [1.54, 1.807) is 6.07 Å². The molecule has 0 aliphatic heterocycles. The number of nitrogens with zero attached hydrogens (tertiary/aromatic N) is 3. The van der Waals surface area contributed by atoms with E-state index in [2.05, 4.69) is 30.1 Å². The molecule has 0 spiro atoms. The number of unbranched alkanes of at least 4 members (excludes halogenated alkanes) is 8. The molecule has 0 amide bonds. The number of ether oxygens (including phenoxy) is 2. The number of benzene rings is 1. The molecule has 1 aromatic heterocycles. The van der Waals surface area contributed by atoms with Gasteiger partial charge in [-0.25, -0.2) is 0 Å². The van der Waals surface area contributed by atoms with Crippen LogP contribution in [-0.2, 0) is 4.79 Å². The number of carbonyl (C=O) groups excluding carboxylic acids is 1. The highest BCUT2D eigenvalue weighted by Gasteiger charge is 2.38. The monoisotopic (exact) mass is 519 g/mol. The van der Waals surface area contributed by atoms with Crippen LogP contribution < -0.4 is 9.47 Å². The highest BCUT2D eigenvalue weighted by molar-refractivity contribution is 5.75. The van der Waals surface area contributed by atoms with Crippen molar-refractivity contribution in [2.75, 3.05) is 6.61 Å². The summed E-state index contributed by atoms with van der Waals surface area (Å²) >= 11 is 0. The van der Waals surface area contributed by atoms with Crippen molar-refractivity contribution in [2.24, 2.45) is 11.3 Å². The summed E-state index contributed by atoms with van der Waals surface area (Å²) in [5.41, 5.74) is 1.37. The molecule has 6 heteroatoms. The standard InChI is InChI=1S/C32H45N3O3/c1-3-5-7-9-11-21-32(25-33)22-19-27(20-23-32)31(36)38-30-18-17-29(34-35-30)26-13-15-28(16-14-26)37-24-12-10-8-6-4-2/h13-18,27H,3-12,19-24H2,1-2H3. The molecule has 1 saturated carbocycles. The molecular weight excluding hydrogens is 474 g/mol. The fourth-order valence-electron chi connectivity index (χ4n) is 5.22. The van der Waals surface area contributed by atoms with E-state index in [0.29, 0.717) is 18.5 Å². The molecule has 0 N–H and O–H groups in total. The number of aromatic nitrogens is 2. The Hall–Kier alpha value is -2.94. The lowest BCUT2D eigenvalue weighted by Crippen LogP contribution is -2.31. The van der Waals surface area contributed by atoms with Gasteiger partial charge in [-0.2, -0.15) is 5.26 Å². The number of hydrogen-bond acceptors (Lipinski definition) is 6. The van der Waals surface area contributed by atoms with Gasteiger partial charge in [-0.1, -0.05) is 71.6 Å². The number of nitriles is 1. The number of carbonyl (C=O) groups is 1. The van der Waals surface area contributed by atoms with E-state index >= 15 is 0 Å². The Labute approximate surface area is 229 Å². The minimum atomic E-state index is -0.278. The summed E-state index contributed by atoms with van der Waals surface area (Å²) in [5.74, 6) is 0.622. The molecular formula is C32H45N3O3. The molecule has 1 aliphatic rings. The third kappa shape index (κ3) is 9.42. The van der Waals surface area contributed by atoms with Crippen molar-refractivity contribution in [2.45, 2.75) is 110 Å². The molecule has 0 saturated heterocycles. The van der Waals surface area contributed by atoms with Crippen LogP contribution in [0.25, 0.3) is 11.3 Å². The fraction of sp³-hybridized carbons (Fsp3) is 0.625. The van der Waals surface area contributed by atoms with Crippen molar-refractivity contribution in [1.29, 1.82) is 5.26 Å². The molecule has 0 radical (unpaired) electrons. The molecule has 0 unspecified atom stereocenters. The van der Waals surface area contributed by atoms with E-state index in [0.717, 1.165) is 50.0 Å². The van der Waals surface area contributed by atoms with Crippen LogP contribution in [0.2, 0.25) is 0 Å². The average Bonchev–Trinajstić information content (AvgIpc) is 2.96. The zero-order valence-electron chi connectivity index (χ0n) is 23.4. The topological polar surface area (TPSA) is 85.1 Å². The average molecular weight is 520 g/mol. The first kappa shape index (κ1) is 29.6. The van der Waals surface area contributed by atoms with E-state index in [4.69, 9.17) is 9.47 Å². The van der Waals surface area contributed by atoms with Gasteiger partial charge in [0.05, 0.1) is 29.7 Å². The zero-order valence-corrected chi connectivity index (χ0v) is 23.4. The summed E-state index contributed by atoms with van der Waals surface area (Å²) in [6, 6.07) is 13.9. The van der Waals surface area contributed by atoms with Crippen molar-refractivity contribution in [3.05, 3.63) is 36.4 Å². The van der Waals surface area contributed by atoms with Gasteiger partial charge in [0.15, 0.2) is 0 Å². The smallest absolute Gasteiger partial charge is 0.315 e. The first-order valence-electron chi connectivity index (χ1n) is 14.8. The lowest BCUT2D eigenvalue weighted by Gasteiger charge is -2.34. The van der Waals surface area contributed by atoms with Gasteiger partial charge in [0.25, 0.3) is 0 Å². The summed E-state index contributed by atoms with van der Waals surface area (Å²) in [6.07, 6.45) is 16.0. The van der Waals surface area contributed by atoms with E-state index < -0.39 is 0 Å². The van der Waals surface area contributed by atoms with Crippen molar-refractivity contribution in [3.8, 4) is 29.0 Å². The number of rotatable bonds is 16. The lowest BCUT2D eigenvalue weighted by molar-refractivity contribution is -0.141. The van der Waals surface area contributed by atoms with Crippen LogP contribution >= 0.6 is 0 Å². The van der Waals surface area contributed by atoms with E-state index in [-0.39, 0.29) is 23.2 Å². The van der Waals surface area contributed by atoms with Crippen LogP contribution in [0.15, 0.2) is 36.4 Å². The van der Waals surface area contributed by atoms with Crippen LogP contribution in [0.3, 0.4) is 0 Å². The molecule has 0 bridgehead atoms. The first-order chi connectivity index (χ1) is 18.6. The van der Waals surface area contributed by atoms with E-state index in [1.807, 2.05) is 30.3 Å². The Morgan fingerprint density at radius 2 is 1.55 bits per heavy atom. The molecule has 1 fully saturated rings. The predicted octanol–water partition coefficient (Wildman–Crippen LogP) is 8.46. The summed E-state index contributed by atoms with van der Waals surface area (Å²) in [7, 11) is 0. The molecule has 3 rings (SSSR count). The SMILES string of the molecule is CCCCCCCOc1ccc(-c2ccc(OC(=O)C3CCC(C#N)(CCCCCCC)CC3)nn2)cc1. The fourth-order valence-corrected chi connectivity index (χ4v) is 5.22. The Morgan fingerprint density at radius 1 is 0.895 bits per heavy atom. The Morgan fingerprint density at radius 3 is 2.16 bits per heavy atom. The van der Waals surface area contributed by atoms with Gasteiger partial charge in [-0.3, -0.25) is 4.79 Å². The molecule has 6 nitrogen and oxygen atoms in total. The predicted molar refractivity (Wildman–Crippen MR) is 151 cm³/mol. The van der Waals surface area contributed by atoms with Gasteiger partial charge in [0.2, 0.25) is 5.88 Å². The third-order valence-corrected chi connectivity index (χ3v) is 7.78. The quantitative estimate of drug-likeness (QED) is 0.163. The molecule has 206 valence electrons. The van der Waals surface area contributed by atoms with Crippen LogP contribution in [0.4, 0.5) is 0 Å². The van der Waals surface area contributed by atoms with Gasteiger partial charge in [-0.15, -0.1) is 10.2 Å². The zero-order chi connectivity index (χ0) is 27.1. The molecule has 38 heavy (non-hydrogen) atoms. The van der Waals surface area contributed by atoms with Crippen LogP contribution in [0.5, 0.6) is 11.6 Å². The summed E-state index contributed by atoms with van der Waals surface area (Å²) in [4.78, 5) is 12.8. The Balaban J connectivity index is 1.42. The van der Waals surface area contributed by atoms with Crippen LogP contribution in [0, 0.1) is 22.7 Å². The van der Waals surface area contributed by atoms with Gasteiger partial charge in [0, 0.05) is 11.6 Å². The van der Waals surface area contributed by atoms with Crippen molar-refractivity contribution in [1.82, 2.24) is 10.2 Å². The first-order valence-corrected chi connectivity index (χ1v) is 14.8. The molecule has 2 aromatic rings. The number of hydrogen-bond donors (Lipinski definition) is 0. The van der Waals surface area contributed by atoms with Crippen LogP contribution in [-0.4, -0.2) is 22.8 Å². The third-order valence-electron chi connectivity index (χ3n) is 7.78. The summed E-state index contributed by atoms with van der Waals surface area (Å²) in [5, 5.41) is 18.2. The lowest BCUT2D eigenvalue weighted by atomic mass is 9.69. The molecule has 1 aromatic carbocycles. The largest absolute Gasteiger partial charge is 0.494 e. The minimum Gasteiger partial charge on any atom is -0.494 e. The second-order valence-electron chi connectivity index (χ2n) is 10.8. The van der Waals surface area contributed by atoms with E-state index in [1.165, 1.54) is 51.4 Å². The maximum atomic E-state index is 12.8. The molecule has 1 aliphatic carbocycles.